The van der Waals surface area contributed by atoms with Gasteiger partial charge in [-0.25, -0.2) is 0 Å². The second kappa shape index (κ2) is 6.14. The van der Waals surface area contributed by atoms with E-state index in [1.165, 1.54) is 6.07 Å². The predicted molar refractivity (Wildman–Crippen MR) is 80.8 cm³/mol. The van der Waals surface area contributed by atoms with Crippen LogP contribution in [0.5, 0.6) is 5.75 Å². The molecule has 1 N–H and O–H groups in total. The summed E-state index contributed by atoms with van der Waals surface area (Å²) in [5.74, 6) is -0.0577. The third kappa shape index (κ3) is 2.93. The molecule has 0 saturated heterocycles. The lowest BCUT2D eigenvalue weighted by molar-refractivity contribution is -0.141. The maximum Gasteiger partial charge on any atom is 0.434 e. The van der Waals surface area contributed by atoms with Crippen molar-refractivity contribution in [1.29, 1.82) is 0 Å². The highest BCUT2D eigenvalue weighted by Crippen LogP contribution is 2.37. The zero-order chi connectivity index (χ0) is 17.3. The van der Waals surface area contributed by atoms with Crippen LogP contribution in [0, 0.1) is 0 Å². The minimum atomic E-state index is -4.68. The number of hydrogen-bond acceptors (Lipinski definition) is 3. The Kier molecular flexibility index (Phi) is 4.17. The molecule has 3 rings (SSSR count). The highest BCUT2D eigenvalue weighted by Gasteiger charge is 2.37. The third-order valence-electron chi connectivity index (χ3n) is 4.07. The van der Waals surface area contributed by atoms with Crippen LogP contribution < -0.4 is 10.1 Å². The number of benzene rings is 1. The van der Waals surface area contributed by atoms with Gasteiger partial charge in [0.25, 0.3) is 5.91 Å². The van der Waals surface area contributed by atoms with Gasteiger partial charge < -0.3 is 10.1 Å². The van der Waals surface area contributed by atoms with E-state index in [0.29, 0.717) is 12.8 Å². The molecule has 24 heavy (non-hydrogen) atoms. The van der Waals surface area contributed by atoms with Crippen LogP contribution in [-0.2, 0) is 12.6 Å². The number of amides is 1. The molecule has 0 bridgehead atoms. The minimum Gasteiger partial charge on any atom is -0.496 e. The largest absolute Gasteiger partial charge is 0.496 e. The summed E-state index contributed by atoms with van der Waals surface area (Å²) in [5.41, 5.74) is 0.209. The number of methoxy groups -OCH3 is 1. The average molecular weight is 336 g/mol. The standard InChI is InChI=1S/C17H15F3N2O2/c1-24-14-6-2-4-10-11(14)7-8-13(10)22-16(23)12-5-3-9-21-15(12)17(18,19)20/h2-6,9,13H,7-8H2,1H3,(H,22,23). The highest BCUT2D eigenvalue weighted by molar-refractivity contribution is 5.95. The van der Waals surface area contributed by atoms with Gasteiger partial charge in [0, 0.05) is 6.20 Å². The first-order chi connectivity index (χ1) is 11.4. The Hall–Kier alpha value is -2.57. The number of nitrogens with zero attached hydrogens (tertiary/aromatic N) is 1. The number of pyridine rings is 1. The van der Waals surface area contributed by atoms with E-state index in [0.717, 1.165) is 29.1 Å². The summed E-state index contributed by atoms with van der Waals surface area (Å²) in [4.78, 5) is 15.7. The summed E-state index contributed by atoms with van der Waals surface area (Å²) in [6.45, 7) is 0. The molecule has 0 saturated carbocycles. The molecule has 1 heterocycles. The summed E-state index contributed by atoms with van der Waals surface area (Å²) in [6, 6.07) is 7.58. The zero-order valence-electron chi connectivity index (χ0n) is 12.9. The monoisotopic (exact) mass is 336 g/mol. The number of alkyl halides is 3. The molecule has 0 fully saturated rings. The van der Waals surface area contributed by atoms with Crippen LogP contribution >= 0.6 is 0 Å². The lowest BCUT2D eigenvalue weighted by Gasteiger charge is -2.16. The van der Waals surface area contributed by atoms with Crippen LogP contribution in [0.2, 0.25) is 0 Å². The van der Waals surface area contributed by atoms with Crippen molar-refractivity contribution in [2.24, 2.45) is 0 Å². The van der Waals surface area contributed by atoms with Gasteiger partial charge in [-0.05, 0) is 42.2 Å². The molecule has 1 aliphatic rings. The van der Waals surface area contributed by atoms with Crippen molar-refractivity contribution in [1.82, 2.24) is 10.3 Å². The van der Waals surface area contributed by atoms with Gasteiger partial charge in [-0.15, -0.1) is 0 Å². The molecule has 1 unspecified atom stereocenters. The Labute approximate surface area is 136 Å². The molecule has 126 valence electrons. The molecule has 1 atom stereocenters. The van der Waals surface area contributed by atoms with Crippen LogP contribution in [0.3, 0.4) is 0 Å². The smallest absolute Gasteiger partial charge is 0.434 e. The molecular weight excluding hydrogens is 321 g/mol. The number of nitrogens with one attached hydrogen (secondary N) is 1. The first-order valence-electron chi connectivity index (χ1n) is 7.40. The van der Waals surface area contributed by atoms with Gasteiger partial charge in [0.2, 0.25) is 0 Å². The van der Waals surface area contributed by atoms with Crippen LogP contribution in [-0.4, -0.2) is 18.0 Å². The fraction of sp³-hybridized carbons (Fsp3) is 0.294. The predicted octanol–water partition coefficient (Wildman–Crippen LogP) is 3.53. The molecule has 1 amide bonds. The molecule has 1 aromatic heterocycles. The summed E-state index contributed by atoms with van der Waals surface area (Å²) < 4.78 is 44.3. The number of hydrogen-bond donors (Lipinski definition) is 1. The molecule has 0 spiro atoms. The van der Waals surface area contributed by atoms with Gasteiger partial charge in [0.05, 0.1) is 18.7 Å². The molecule has 4 nitrogen and oxygen atoms in total. The molecule has 0 radical (unpaired) electrons. The lowest BCUT2D eigenvalue weighted by Crippen LogP contribution is -2.29. The summed E-state index contributed by atoms with van der Waals surface area (Å²) in [6.07, 6.45) is -2.34. The molecular formula is C17H15F3N2O2. The van der Waals surface area contributed by atoms with Gasteiger partial charge >= 0.3 is 6.18 Å². The topological polar surface area (TPSA) is 51.2 Å². The molecule has 0 aliphatic heterocycles. The zero-order valence-corrected chi connectivity index (χ0v) is 12.9. The van der Waals surface area contributed by atoms with Gasteiger partial charge in [-0.1, -0.05) is 12.1 Å². The van der Waals surface area contributed by atoms with Crippen molar-refractivity contribution >= 4 is 5.91 Å². The van der Waals surface area contributed by atoms with Gasteiger partial charge in [-0.3, -0.25) is 9.78 Å². The van der Waals surface area contributed by atoms with E-state index >= 15 is 0 Å². The number of carbonyl (C=O) groups is 1. The first kappa shape index (κ1) is 16.3. The second-order valence-corrected chi connectivity index (χ2v) is 5.49. The minimum absolute atomic E-state index is 0.344. The first-order valence-corrected chi connectivity index (χ1v) is 7.40. The maximum atomic E-state index is 13.0. The van der Waals surface area contributed by atoms with Crippen molar-refractivity contribution in [2.75, 3.05) is 7.11 Å². The van der Waals surface area contributed by atoms with Crippen LogP contribution in [0.25, 0.3) is 0 Å². The Morgan fingerprint density at radius 2 is 2.08 bits per heavy atom. The Balaban J connectivity index is 1.86. The molecule has 7 heteroatoms. The number of rotatable bonds is 3. The summed E-state index contributed by atoms with van der Waals surface area (Å²) in [5, 5.41) is 2.68. The van der Waals surface area contributed by atoms with Crippen molar-refractivity contribution in [3.8, 4) is 5.75 Å². The number of fused-ring (bicyclic) bond motifs is 1. The SMILES string of the molecule is COc1cccc2c1CCC2NC(=O)c1cccnc1C(F)(F)F. The van der Waals surface area contributed by atoms with Crippen LogP contribution in [0.1, 0.15) is 39.6 Å². The molecule has 1 aliphatic carbocycles. The van der Waals surface area contributed by atoms with E-state index in [-0.39, 0.29) is 6.04 Å². The second-order valence-electron chi connectivity index (χ2n) is 5.49. The number of carbonyl (C=O) groups excluding carboxylic acids is 1. The maximum absolute atomic E-state index is 13.0. The highest BCUT2D eigenvalue weighted by atomic mass is 19.4. The Morgan fingerprint density at radius 3 is 2.79 bits per heavy atom. The normalized spacial score (nSPS) is 16.6. The molecule has 1 aromatic carbocycles. The fourth-order valence-electron chi connectivity index (χ4n) is 3.01. The van der Waals surface area contributed by atoms with Crippen molar-refractivity contribution < 1.29 is 22.7 Å². The van der Waals surface area contributed by atoms with Crippen LogP contribution in [0.4, 0.5) is 13.2 Å². The van der Waals surface area contributed by atoms with Crippen molar-refractivity contribution in [3.63, 3.8) is 0 Å². The van der Waals surface area contributed by atoms with Gasteiger partial charge in [0.15, 0.2) is 5.69 Å². The number of aromatic nitrogens is 1. The summed E-state index contributed by atoms with van der Waals surface area (Å²) >= 11 is 0. The Morgan fingerprint density at radius 1 is 1.29 bits per heavy atom. The van der Waals surface area contributed by atoms with E-state index in [1.54, 1.807) is 13.2 Å². The lowest BCUT2D eigenvalue weighted by atomic mass is 10.1. The van der Waals surface area contributed by atoms with Gasteiger partial charge in [-0.2, -0.15) is 13.2 Å². The Bertz CT molecular complexity index is 775. The summed E-state index contributed by atoms with van der Waals surface area (Å²) in [7, 11) is 1.56. The quantitative estimate of drug-likeness (QED) is 0.933. The van der Waals surface area contributed by atoms with E-state index in [4.69, 9.17) is 4.74 Å². The van der Waals surface area contributed by atoms with Gasteiger partial charge in [0.1, 0.15) is 5.75 Å². The van der Waals surface area contributed by atoms with E-state index in [1.807, 2.05) is 12.1 Å². The average Bonchev–Trinajstić information content (AvgIpc) is 2.97. The van der Waals surface area contributed by atoms with E-state index in [9.17, 15) is 18.0 Å². The van der Waals surface area contributed by atoms with E-state index in [2.05, 4.69) is 10.3 Å². The molecule has 2 aromatic rings. The van der Waals surface area contributed by atoms with E-state index < -0.39 is 23.3 Å². The number of halogens is 3. The fourth-order valence-corrected chi connectivity index (χ4v) is 3.01. The van der Waals surface area contributed by atoms with Crippen molar-refractivity contribution in [2.45, 2.75) is 25.1 Å². The number of ether oxygens (including phenoxy) is 1. The van der Waals surface area contributed by atoms with Crippen LogP contribution in [0.15, 0.2) is 36.5 Å². The van der Waals surface area contributed by atoms with Crippen molar-refractivity contribution in [3.05, 3.63) is 58.9 Å². The third-order valence-corrected chi connectivity index (χ3v) is 4.07.